The molecule has 1 atom stereocenters. The van der Waals surface area contributed by atoms with Crippen LogP contribution in [0.3, 0.4) is 0 Å². The third-order valence-electron chi connectivity index (χ3n) is 4.59. The quantitative estimate of drug-likeness (QED) is 0.489. The Morgan fingerprint density at radius 2 is 1.93 bits per heavy atom. The first-order valence-corrected chi connectivity index (χ1v) is 9.76. The minimum atomic E-state index is -0.964. The predicted molar refractivity (Wildman–Crippen MR) is 109 cm³/mol. The highest BCUT2D eigenvalue weighted by molar-refractivity contribution is 9.10. The van der Waals surface area contributed by atoms with Gasteiger partial charge in [0.25, 0.3) is 5.69 Å². The normalized spacial score (nSPS) is 15.8. The number of hydrogen-bond acceptors (Lipinski definition) is 5. The highest BCUT2D eigenvalue weighted by atomic mass is 79.9. The van der Waals surface area contributed by atoms with Crippen molar-refractivity contribution < 1.29 is 19.6 Å². The number of halogens is 1. The third-order valence-corrected chi connectivity index (χ3v) is 5.12. The Balaban J connectivity index is 1.90. The number of nitro groups is 1. The number of amides is 1. The molecule has 9 heteroatoms. The van der Waals surface area contributed by atoms with Crippen LogP contribution in [0.25, 0.3) is 0 Å². The zero-order chi connectivity index (χ0) is 21.0. The molecule has 1 heterocycles. The van der Waals surface area contributed by atoms with Gasteiger partial charge >= 0.3 is 5.97 Å². The van der Waals surface area contributed by atoms with Gasteiger partial charge in [0.15, 0.2) is 0 Å². The van der Waals surface area contributed by atoms with E-state index in [1.165, 1.54) is 17.1 Å². The summed E-state index contributed by atoms with van der Waals surface area (Å²) in [6.45, 7) is 0. The van der Waals surface area contributed by atoms with Gasteiger partial charge in [-0.15, -0.1) is 0 Å². The molecule has 2 aromatic carbocycles. The van der Waals surface area contributed by atoms with Crippen molar-refractivity contribution >= 4 is 39.2 Å². The first-order chi connectivity index (χ1) is 13.8. The summed E-state index contributed by atoms with van der Waals surface area (Å²) in [6, 6.07) is 13.2. The Morgan fingerprint density at radius 3 is 2.59 bits per heavy atom. The molecule has 0 radical (unpaired) electrons. The predicted octanol–water partition coefficient (Wildman–Crippen LogP) is 4.29. The van der Waals surface area contributed by atoms with Crippen molar-refractivity contribution in [2.24, 2.45) is 5.10 Å². The fraction of sp³-hybridized carbons (Fsp3) is 0.250. The number of benzene rings is 2. The van der Waals surface area contributed by atoms with Crippen LogP contribution in [-0.2, 0) is 9.59 Å². The molecule has 1 amide bonds. The number of carbonyl (C=O) groups excluding carboxylic acids is 1. The molecule has 0 bridgehead atoms. The topological polar surface area (TPSA) is 113 Å². The number of nitrogens with zero attached hydrogens (tertiary/aromatic N) is 3. The Bertz CT molecular complexity index is 974. The number of nitro benzene ring substituents is 1. The summed E-state index contributed by atoms with van der Waals surface area (Å²) in [5.74, 6) is -1.27. The van der Waals surface area contributed by atoms with Crippen molar-refractivity contribution in [3.8, 4) is 0 Å². The molecule has 1 aliphatic heterocycles. The van der Waals surface area contributed by atoms with Crippen LogP contribution in [0, 0.1) is 10.1 Å². The lowest BCUT2D eigenvalue weighted by atomic mass is 9.98. The lowest BCUT2D eigenvalue weighted by Gasteiger charge is -2.22. The Morgan fingerprint density at radius 1 is 1.21 bits per heavy atom. The Labute approximate surface area is 175 Å². The number of rotatable bonds is 7. The highest BCUT2D eigenvalue weighted by Crippen LogP contribution is 2.35. The van der Waals surface area contributed by atoms with Crippen LogP contribution in [0.1, 0.15) is 42.9 Å². The van der Waals surface area contributed by atoms with E-state index in [4.69, 9.17) is 5.11 Å². The lowest BCUT2D eigenvalue weighted by molar-refractivity contribution is -0.385. The van der Waals surface area contributed by atoms with E-state index in [1.807, 2.05) is 24.3 Å². The zero-order valence-corrected chi connectivity index (χ0v) is 16.9. The van der Waals surface area contributed by atoms with E-state index in [1.54, 1.807) is 12.1 Å². The van der Waals surface area contributed by atoms with Gasteiger partial charge in [0.2, 0.25) is 5.91 Å². The first-order valence-electron chi connectivity index (χ1n) is 8.97. The summed E-state index contributed by atoms with van der Waals surface area (Å²) >= 11 is 3.38. The molecule has 0 aromatic heterocycles. The minimum Gasteiger partial charge on any atom is -0.481 e. The van der Waals surface area contributed by atoms with Gasteiger partial charge in [0.1, 0.15) is 0 Å². The number of carbonyl (C=O) groups is 2. The van der Waals surface area contributed by atoms with Gasteiger partial charge in [-0.05, 0) is 29.7 Å². The number of hydrazone groups is 1. The van der Waals surface area contributed by atoms with Crippen molar-refractivity contribution in [2.75, 3.05) is 0 Å². The van der Waals surface area contributed by atoms with Crippen molar-refractivity contribution in [1.29, 1.82) is 0 Å². The Kier molecular flexibility index (Phi) is 6.38. The summed E-state index contributed by atoms with van der Waals surface area (Å²) in [7, 11) is 0. The molecule has 0 saturated carbocycles. The fourth-order valence-electron chi connectivity index (χ4n) is 3.17. The van der Waals surface area contributed by atoms with Gasteiger partial charge in [0.05, 0.1) is 16.7 Å². The number of carboxylic acids is 1. The maximum absolute atomic E-state index is 12.7. The molecule has 2 aromatic rings. The van der Waals surface area contributed by atoms with Gasteiger partial charge in [-0.1, -0.05) is 40.2 Å². The van der Waals surface area contributed by atoms with Gasteiger partial charge in [-0.25, -0.2) is 5.01 Å². The SMILES string of the molecule is O=C(O)CCCC(=O)N1N=C(c2ccc(Br)cc2)C[C@@H]1c1cccc([N+](=O)[O-])c1. The molecule has 0 unspecified atom stereocenters. The van der Waals surface area contributed by atoms with E-state index in [9.17, 15) is 19.7 Å². The van der Waals surface area contributed by atoms with E-state index >= 15 is 0 Å². The number of hydrogen-bond donors (Lipinski definition) is 1. The molecule has 1 aliphatic rings. The van der Waals surface area contributed by atoms with Gasteiger partial charge in [-0.2, -0.15) is 5.10 Å². The van der Waals surface area contributed by atoms with Crippen LogP contribution in [0.15, 0.2) is 58.1 Å². The number of carboxylic acid groups (broad SMARTS) is 1. The van der Waals surface area contributed by atoms with Crippen LogP contribution in [-0.4, -0.2) is 32.6 Å². The van der Waals surface area contributed by atoms with Crippen molar-refractivity contribution in [1.82, 2.24) is 5.01 Å². The molecule has 29 heavy (non-hydrogen) atoms. The largest absolute Gasteiger partial charge is 0.481 e. The van der Waals surface area contributed by atoms with Crippen LogP contribution >= 0.6 is 15.9 Å². The summed E-state index contributed by atoms with van der Waals surface area (Å²) in [4.78, 5) is 34.1. The molecule has 1 N–H and O–H groups in total. The van der Waals surface area contributed by atoms with Gasteiger partial charge in [0, 0.05) is 35.9 Å². The molecule has 0 aliphatic carbocycles. The van der Waals surface area contributed by atoms with Crippen molar-refractivity contribution in [3.63, 3.8) is 0 Å². The lowest BCUT2D eigenvalue weighted by Crippen LogP contribution is -2.27. The summed E-state index contributed by atoms with van der Waals surface area (Å²) < 4.78 is 0.914. The first kappa shape index (κ1) is 20.7. The molecule has 0 spiro atoms. The second kappa shape index (κ2) is 8.95. The van der Waals surface area contributed by atoms with Gasteiger partial charge < -0.3 is 5.11 Å². The second-order valence-corrected chi connectivity index (χ2v) is 7.53. The van der Waals surface area contributed by atoms with Crippen molar-refractivity contribution in [2.45, 2.75) is 31.7 Å². The molecule has 0 fully saturated rings. The van der Waals surface area contributed by atoms with E-state index in [0.29, 0.717) is 17.7 Å². The average Bonchev–Trinajstić information content (AvgIpc) is 3.14. The molecule has 150 valence electrons. The van der Waals surface area contributed by atoms with Crippen molar-refractivity contribution in [3.05, 3.63) is 74.2 Å². The molecule has 0 saturated heterocycles. The van der Waals surface area contributed by atoms with E-state index in [0.717, 1.165) is 10.0 Å². The minimum absolute atomic E-state index is 0.0366. The summed E-state index contributed by atoms with van der Waals surface area (Å²) in [5.41, 5.74) is 2.10. The zero-order valence-electron chi connectivity index (χ0n) is 15.3. The third kappa shape index (κ3) is 5.05. The van der Waals surface area contributed by atoms with Crippen LogP contribution < -0.4 is 0 Å². The summed E-state index contributed by atoms with van der Waals surface area (Å²) in [6.07, 6.45) is 0.544. The summed E-state index contributed by atoms with van der Waals surface area (Å²) in [5, 5.41) is 25.8. The number of non-ortho nitro benzene ring substituents is 1. The van der Waals surface area contributed by atoms with E-state index in [2.05, 4.69) is 21.0 Å². The van der Waals surface area contributed by atoms with Gasteiger partial charge in [-0.3, -0.25) is 19.7 Å². The van der Waals surface area contributed by atoms with E-state index in [-0.39, 0.29) is 30.9 Å². The molecular formula is C20H18BrN3O5. The van der Waals surface area contributed by atoms with Crippen LogP contribution in [0.5, 0.6) is 0 Å². The maximum atomic E-state index is 12.7. The smallest absolute Gasteiger partial charge is 0.303 e. The Hall–Kier alpha value is -3.07. The van der Waals surface area contributed by atoms with Crippen LogP contribution in [0.4, 0.5) is 5.69 Å². The highest BCUT2D eigenvalue weighted by Gasteiger charge is 2.33. The second-order valence-electron chi connectivity index (χ2n) is 6.61. The molecular weight excluding hydrogens is 442 g/mol. The maximum Gasteiger partial charge on any atom is 0.303 e. The number of aliphatic carboxylic acids is 1. The van der Waals surface area contributed by atoms with E-state index < -0.39 is 16.9 Å². The fourth-order valence-corrected chi connectivity index (χ4v) is 3.43. The molecule has 3 rings (SSSR count). The molecule has 8 nitrogen and oxygen atoms in total. The monoisotopic (exact) mass is 459 g/mol. The standard InChI is InChI=1S/C20H18BrN3O5/c21-15-9-7-13(8-10-15)17-12-18(14-3-1-4-16(11-14)24(28)29)23(22-17)19(25)5-2-6-20(26)27/h1,3-4,7-11,18H,2,5-6,12H2,(H,26,27)/t18-/m1/s1. The average molecular weight is 460 g/mol. The van der Waals surface area contributed by atoms with Crippen LogP contribution in [0.2, 0.25) is 0 Å².